The topological polar surface area (TPSA) is 112 Å². The molecule has 0 fully saturated rings. The van der Waals surface area contributed by atoms with Crippen LogP contribution in [0.1, 0.15) is 11.1 Å². The summed E-state index contributed by atoms with van der Waals surface area (Å²) in [7, 11) is 0. The van der Waals surface area contributed by atoms with Gasteiger partial charge in [0.15, 0.2) is 13.2 Å². The summed E-state index contributed by atoms with van der Waals surface area (Å²) in [5.41, 5.74) is 1.13. The summed E-state index contributed by atoms with van der Waals surface area (Å²) >= 11 is 0. The van der Waals surface area contributed by atoms with Gasteiger partial charge in [0.25, 0.3) is 5.91 Å². The number of anilines is 1. The molecule has 7 heteroatoms. The van der Waals surface area contributed by atoms with E-state index in [-0.39, 0.29) is 5.75 Å². The van der Waals surface area contributed by atoms with Gasteiger partial charge < -0.3 is 14.8 Å². The maximum Gasteiger partial charge on any atom is 0.344 e. The molecule has 0 spiro atoms. The van der Waals surface area contributed by atoms with Gasteiger partial charge in [-0.3, -0.25) is 4.79 Å². The molecular formula is C18H13N3O4. The van der Waals surface area contributed by atoms with Crippen molar-refractivity contribution in [1.82, 2.24) is 0 Å². The van der Waals surface area contributed by atoms with Crippen molar-refractivity contribution in [2.24, 2.45) is 0 Å². The zero-order valence-electron chi connectivity index (χ0n) is 13.1. The number of nitrogens with one attached hydrogen (secondary N) is 1. The number of hydrogen-bond acceptors (Lipinski definition) is 6. The maximum atomic E-state index is 11.7. The molecule has 124 valence electrons. The van der Waals surface area contributed by atoms with E-state index in [2.05, 4.69) is 5.32 Å². The highest BCUT2D eigenvalue weighted by atomic mass is 16.6. The van der Waals surface area contributed by atoms with Crippen LogP contribution in [-0.4, -0.2) is 25.1 Å². The molecule has 0 aliphatic heterocycles. The monoisotopic (exact) mass is 335 g/mol. The third kappa shape index (κ3) is 5.38. The van der Waals surface area contributed by atoms with Gasteiger partial charge in [-0.15, -0.1) is 0 Å². The van der Waals surface area contributed by atoms with Gasteiger partial charge in [0.2, 0.25) is 0 Å². The first-order valence-corrected chi connectivity index (χ1v) is 7.20. The van der Waals surface area contributed by atoms with Crippen LogP contribution in [0.3, 0.4) is 0 Å². The number of hydrogen-bond donors (Lipinski definition) is 1. The van der Waals surface area contributed by atoms with E-state index in [9.17, 15) is 9.59 Å². The number of esters is 1. The maximum absolute atomic E-state index is 11.7. The van der Waals surface area contributed by atoms with Gasteiger partial charge in [0.1, 0.15) is 11.8 Å². The van der Waals surface area contributed by atoms with Crippen molar-refractivity contribution in [3.8, 4) is 17.9 Å². The highest BCUT2D eigenvalue weighted by Gasteiger charge is 2.10. The number of para-hydroxylation sites is 1. The van der Waals surface area contributed by atoms with Gasteiger partial charge in [0.05, 0.1) is 17.2 Å². The molecule has 2 rings (SSSR count). The van der Waals surface area contributed by atoms with Crippen molar-refractivity contribution in [1.29, 1.82) is 10.5 Å². The van der Waals surface area contributed by atoms with E-state index < -0.39 is 25.1 Å². The molecule has 0 atom stereocenters. The van der Waals surface area contributed by atoms with Gasteiger partial charge in [-0.25, -0.2) is 4.79 Å². The number of rotatable bonds is 6. The third-order valence-electron chi connectivity index (χ3n) is 2.99. The standard InChI is InChI=1S/C18H13N3O4/c19-9-13-4-3-6-15(8-13)21-17(22)11-25-18(23)12-24-16-7-2-1-5-14(16)10-20/h1-8H,11-12H2,(H,21,22). The molecule has 2 aromatic carbocycles. The highest BCUT2D eigenvalue weighted by Crippen LogP contribution is 2.16. The van der Waals surface area contributed by atoms with Gasteiger partial charge in [-0.1, -0.05) is 18.2 Å². The van der Waals surface area contributed by atoms with E-state index in [0.29, 0.717) is 16.8 Å². The molecule has 1 amide bonds. The van der Waals surface area contributed by atoms with Crippen LogP contribution in [0.5, 0.6) is 5.75 Å². The average Bonchev–Trinajstić information content (AvgIpc) is 2.65. The third-order valence-corrected chi connectivity index (χ3v) is 2.99. The first kappa shape index (κ1) is 17.5. The van der Waals surface area contributed by atoms with Crippen LogP contribution in [0.25, 0.3) is 0 Å². The van der Waals surface area contributed by atoms with Crippen molar-refractivity contribution in [2.45, 2.75) is 0 Å². The van der Waals surface area contributed by atoms with Crippen LogP contribution in [0, 0.1) is 22.7 Å². The minimum Gasteiger partial charge on any atom is -0.481 e. The first-order valence-electron chi connectivity index (χ1n) is 7.20. The lowest BCUT2D eigenvalue weighted by atomic mass is 10.2. The van der Waals surface area contributed by atoms with E-state index in [0.717, 1.165) is 0 Å². The molecule has 0 bridgehead atoms. The van der Waals surface area contributed by atoms with Crippen molar-refractivity contribution in [2.75, 3.05) is 18.5 Å². The number of nitriles is 2. The smallest absolute Gasteiger partial charge is 0.344 e. The normalized spacial score (nSPS) is 9.36. The summed E-state index contributed by atoms with van der Waals surface area (Å²) in [6, 6.07) is 16.7. The molecule has 25 heavy (non-hydrogen) atoms. The molecule has 0 saturated heterocycles. The molecule has 2 aromatic rings. The van der Waals surface area contributed by atoms with Crippen LogP contribution in [0.2, 0.25) is 0 Å². The summed E-state index contributed by atoms with van der Waals surface area (Å²) in [6.45, 7) is -0.908. The van der Waals surface area contributed by atoms with Crippen LogP contribution in [0.15, 0.2) is 48.5 Å². The Kier molecular flexibility index (Phi) is 6.10. The fourth-order valence-electron chi connectivity index (χ4n) is 1.87. The van der Waals surface area contributed by atoms with Crippen LogP contribution >= 0.6 is 0 Å². The van der Waals surface area contributed by atoms with Gasteiger partial charge >= 0.3 is 5.97 Å². The molecule has 1 N–H and O–H groups in total. The zero-order chi connectivity index (χ0) is 18.1. The van der Waals surface area contributed by atoms with Crippen LogP contribution in [-0.2, 0) is 14.3 Å². The number of ether oxygens (including phenoxy) is 2. The summed E-state index contributed by atoms with van der Waals surface area (Å²) in [5, 5.41) is 20.2. The van der Waals surface area contributed by atoms with Gasteiger partial charge in [-0.05, 0) is 30.3 Å². The predicted octanol–water partition coefficient (Wildman–Crippen LogP) is 1.99. The molecule has 0 radical (unpaired) electrons. The Balaban J connectivity index is 1.78. The second kappa shape index (κ2) is 8.70. The number of carbonyl (C=O) groups excluding carboxylic acids is 2. The Hall–Kier alpha value is -3.84. The van der Waals surface area contributed by atoms with E-state index in [4.69, 9.17) is 20.0 Å². The summed E-state index contributed by atoms with van der Waals surface area (Å²) in [6.07, 6.45) is 0. The molecule has 7 nitrogen and oxygen atoms in total. The Morgan fingerprint density at radius 1 is 1.00 bits per heavy atom. The van der Waals surface area contributed by atoms with Crippen LogP contribution in [0.4, 0.5) is 5.69 Å². The molecule has 0 heterocycles. The van der Waals surface area contributed by atoms with Crippen molar-refractivity contribution in [3.05, 3.63) is 59.7 Å². The summed E-state index contributed by atoms with van der Waals surface area (Å²) in [4.78, 5) is 23.4. The lowest BCUT2D eigenvalue weighted by Gasteiger charge is -2.08. The number of nitrogens with zero attached hydrogens (tertiary/aromatic N) is 2. The highest BCUT2D eigenvalue weighted by molar-refractivity contribution is 5.93. The molecule has 0 aromatic heterocycles. The minimum absolute atomic E-state index is 0.264. The second-order valence-corrected chi connectivity index (χ2v) is 4.80. The fraction of sp³-hybridized carbons (Fsp3) is 0.111. The number of carbonyl (C=O) groups is 2. The Morgan fingerprint density at radius 2 is 1.80 bits per heavy atom. The van der Waals surface area contributed by atoms with E-state index in [1.54, 1.807) is 42.5 Å². The van der Waals surface area contributed by atoms with Crippen molar-refractivity contribution < 1.29 is 19.1 Å². The summed E-state index contributed by atoms with van der Waals surface area (Å²) in [5.74, 6) is -1.02. The lowest BCUT2D eigenvalue weighted by molar-refractivity contribution is -0.149. The van der Waals surface area contributed by atoms with Crippen molar-refractivity contribution in [3.63, 3.8) is 0 Å². The average molecular weight is 335 g/mol. The Labute approximate surface area is 144 Å². The van der Waals surface area contributed by atoms with Gasteiger partial charge in [0, 0.05) is 5.69 Å². The van der Waals surface area contributed by atoms with Gasteiger partial charge in [-0.2, -0.15) is 10.5 Å². The SMILES string of the molecule is N#Cc1cccc(NC(=O)COC(=O)COc2ccccc2C#N)c1. The van der Waals surface area contributed by atoms with Crippen molar-refractivity contribution >= 4 is 17.6 Å². The van der Waals surface area contributed by atoms with Crippen LogP contribution < -0.4 is 10.1 Å². The first-order chi connectivity index (χ1) is 12.1. The fourth-order valence-corrected chi connectivity index (χ4v) is 1.87. The predicted molar refractivity (Wildman–Crippen MR) is 87.4 cm³/mol. The quantitative estimate of drug-likeness (QED) is 0.808. The number of amides is 1. The number of benzene rings is 2. The molecule has 0 unspecified atom stereocenters. The summed E-state index contributed by atoms with van der Waals surface area (Å²) < 4.78 is 10.0. The zero-order valence-corrected chi connectivity index (χ0v) is 13.1. The lowest BCUT2D eigenvalue weighted by Crippen LogP contribution is -2.23. The second-order valence-electron chi connectivity index (χ2n) is 4.80. The minimum atomic E-state index is -0.742. The molecule has 0 aliphatic rings. The van der Waals surface area contributed by atoms with E-state index in [1.807, 2.05) is 12.1 Å². The molecule has 0 saturated carbocycles. The Morgan fingerprint density at radius 3 is 2.56 bits per heavy atom. The largest absolute Gasteiger partial charge is 0.481 e. The van der Waals surface area contributed by atoms with E-state index in [1.165, 1.54) is 6.07 Å². The molecule has 0 aliphatic carbocycles. The Bertz CT molecular complexity index is 865. The molecular weight excluding hydrogens is 322 g/mol. The van der Waals surface area contributed by atoms with E-state index >= 15 is 0 Å².